The average Bonchev–Trinajstić information content (AvgIpc) is 2.66. The van der Waals surface area contributed by atoms with E-state index >= 15 is 0 Å². The Labute approximate surface area is 186 Å². The molecule has 154 valence electrons. The van der Waals surface area contributed by atoms with E-state index < -0.39 is 11.9 Å². The molecular weight excluding hydrogens is 445 g/mol. The van der Waals surface area contributed by atoms with E-state index in [9.17, 15) is 9.59 Å². The summed E-state index contributed by atoms with van der Waals surface area (Å²) in [5.74, 6) is -1.31. The molecule has 0 bridgehead atoms. The zero-order valence-electron chi connectivity index (χ0n) is 16.1. The summed E-state index contributed by atoms with van der Waals surface area (Å²) in [4.78, 5) is 26.1. The third kappa shape index (κ3) is 3.55. The smallest absolute Gasteiger partial charge is 0.340 e. The Balaban J connectivity index is 2.05. The van der Waals surface area contributed by atoms with E-state index in [1.165, 1.54) is 0 Å². The molecule has 1 aromatic heterocycles. The number of halogens is 2. The normalized spacial score (nSPS) is 15.8. The lowest BCUT2D eigenvalue weighted by atomic mass is 9.83. The first-order chi connectivity index (χ1) is 14.3. The molecule has 30 heavy (non-hydrogen) atoms. The fraction of sp³-hybridized carbons (Fsp3) is 0.182. The third-order valence-corrected chi connectivity index (χ3v) is 6.23. The van der Waals surface area contributed by atoms with Crippen LogP contribution >= 0.6 is 34.5 Å². The first kappa shape index (κ1) is 20.7. The molecule has 2 heterocycles. The molecule has 1 atom stereocenters. The molecule has 3 aromatic rings. The van der Waals surface area contributed by atoms with Crippen LogP contribution < -0.4 is 15.2 Å². The largest absolute Gasteiger partial charge is 0.459 e. The molecule has 0 fully saturated rings. The first-order valence-corrected chi connectivity index (χ1v) is 10.7. The number of hydrogen-bond donors (Lipinski definition) is 1. The second kappa shape index (κ2) is 7.95. The first-order valence-electron chi connectivity index (χ1n) is 9.17. The Hall–Kier alpha value is -2.54. The minimum absolute atomic E-state index is 0.0417. The lowest BCUT2D eigenvalue weighted by Gasteiger charge is -2.29. The van der Waals surface area contributed by atoms with Gasteiger partial charge < -0.3 is 15.2 Å². The van der Waals surface area contributed by atoms with Crippen LogP contribution in [0.15, 0.2) is 58.7 Å². The molecule has 0 aliphatic carbocycles. The molecule has 0 spiro atoms. The summed E-state index contributed by atoms with van der Waals surface area (Å²) in [6.07, 6.45) is -0.383. The van der Waals surface area contributed by atoms with E-state index in [1.54, 1.807) is 32.0 Å². The van der Waals surface area contributed by atoms with Crippen molar-refractivity contribution >= 4 is 50.6 Å². The van der Waals surface area contributed by atoms with Crippen LogP contribution in [-0.4, -0.2) is 12.1 Å². The molecule has 0 saturated heterocycles. The highest BCUT2D eigenvalue weighted by Gasteiger charge is 2.39. The second-order valence-electron chi connectivity index (χ2n) is 7.06. The SMILES string of the molecule is CC(C)OC(=O)C1=C(N)Oc2c(c(=O)sc3ccccc23)[C@H]1c1ccc(Cl)cc1Cl. The van der Waals surface area contributed by atoms with Crippen LogP contribution in [0.1, 0.15) is 30.9 Å². The predicted octanol–water partition coefficient (Wildman–Crippen LogP) is 5.21. The van der Waals surface area contributed by atoms with Gasteiger partial charge in [-0.2, -0.15) is 0 Å². The summed E-state index contributed by atoms with van der Waals surface area (Å²) in [7, 11) is 0. The van der Waals surface area contributed by atoms with Gasteiger partial charge >= 0.3 is 5.97 Å². The van der Waals surface area contributed by atoms with Crippen LogP contribution in [0.25, 0.3) is 10.1 Å². The molecule has 2 aromatic carbocycles. The van der Waals surface area contributed by atoms with Gasteiger partial charge in [0.2, 0.25) is 10.6 Å². The third-order valence-electron chi connectivity index (χ3n) is 4.69. The molecule has 0 unspecified atom stereocenters. The quantitative estimate of drug-likeness (QED) is 0.541. The van der Waals surface area contributed by atoms with E-state index in [4.69, 9.17) is 38.4 Å². The number of esters is 1. The lowest BCUT2D eigenvalue weighted by molar-refractivity contribution is -0.143. The fourth-order valence-corrected chi connectivity index (χ4v) is 4.94. The molecule has 0 saturated carbocycles. The number of benzene rings is 2. The number of nitrogens with two attached hydrogens (primary N) is 1. The van der Waals surface area contributed by atoms with Crippen molar-refractivity contribution in [2.24, 2.45) is 5.73 Å². The van der Waals surface area contributed by atoms with Crippen LogP contribution in [0.4, 0.5) is 0 Å². The van der Waals surface area contributed by atoms with Crippen LogP contribution in [0, 0.1) is 0 Å². The zero-order valence-corrected chi connectivity index (χ0v) is 18.4. The van der Waals surface area contributed by atoms with Crippen molar-refractivity contribution < 1.29 is 14.3 Å². The van der Waals surface area contributed by atoms with Crippen molar-refractivity contribution in [1.82, 2.24) is 0 Å². The molecule has 2 N–H and O–H groups in total. The van der Waals surface area contributed by atoms with Crippen molar-refractivity contribution in [3.63, 3.8) is 0 Å². The number of carbonyl (C=O) groups is 1. The summed E-state index contributed by atoms with van der Waals surface area (Å²) >= 11 is 13.6. The summed E-state index contributed by atoms with van der Waals surface area (Å²) in [6.45, 7) is 3.45. The van der Waals surface area contributed by atoms with E-state index in [2.05, 4.69) is 0 Å². The number of fused-ring (bicyclic) bond motifs is 3. The van der Waals surface area contributed by atoms with Crippen LogP contribution in [0.5, 0.6) is 5.75 Å². The van der Waals surface area contributed by atoms with Gasteiger partial charge in [-0.05, 0) is 43.7 Å². The molecule has 5 nitrogen and oxygen atoms in total. The van der Waals surface area contributed by atoms with E-state index in [-0.39, 0.29) is 22.3 Å². The van der Waals surface area contributed by atoms with Crippen molar-refractivity contribution in [3.8, 4) is 5.75 Å². The highest BCUT2D eigenvalue weighted by Crippen LogP contribution is 2.46. The maximum absolute atomic E-state index is 13.2. The Kier molecular flexibility index (Phi) is 5.49. The second-order valence-corrected chi connectivity index (χ2v) is 8.92. The Morgan fingerprint density at radius 2 is 1.93 bits per heavy atom. The maximum atomic E-state index is 13.2. The predicted molar refractivity (Wildman–Crippen MR) is 119 cm³/mol. The van der Waals surface area contributed by atoms with Crippen molar-refractivity contribution in [3.05, 3.63) is 84.6 Å². The van der Waals surface area contributed by atoms with Gasteiger partial charge in [-0.25, -0.2) is 4.79 Å². The fourth-order valence-electron chi connectivity index (χ4n) is 3.49. The monoisotopic (exact) mass is 461 g/mol. The van der Waals surface area contributed by atoms with Gasteiger partial charge in [0.05, 0.1) is 17.6 Å². The maximum Gasteiger partial charge on any atom is 0.340 e. The van der Waals surface area contributed by atoms with Crippen molar-refractivity contribution in [1.29, 1.82) is 0 Å². The summed E-state index contributed by atoms with van der Waals surface area (Å²) < 4.78 is 11.7. The van der Waals surface area contributed by atoms with Crippen LogP contribution in [-0.2, 0) is 9.53 Å². The van der Waals surface area contributed by atoms with Gasteiger partial charge in [-0.3, -0.25) is 4.79 Å². The minimum Gasteiger partial charge on any atom is -0.459 e. The summed E-state index contributed by atoms with van der Waals surface area (Å²) in [5.41, 5.74) is 7.07. The van der Waals surface area contributed by atoms with Gasteiger partial charge in [-0.15, -0.1) is 0 Å². The van der Waals surface area contributed by atoms with Gasteiger partial charge in [-0.1, -0.05) is 52.7 Å². The Morgan fingerprint density at radius 3 is 2.63 bits per heavy atom. The molecule has 1 aliphatic rings. The van der Waals surface area contributed by atoms with Crippen LogP contribution in [0.2, 0.25) is 10.0 Å². The van der Waals surface area contributed by atoms with Crippen molar-refractivity contribution in [2.75, 3.05) is 0 Å². The Bertz CT molecular complexity index is 1270. The zero-order chi connectivity index (χ0) is 21.6. The average molecular weight is 462 g/mol. The van der Waals surface area contributed by atoms with E-state index in [1.807, 2.05) is 24.3 Å². The van der Waals surface area contributed by atoms with Gasteiger partial charge in [0.15, 0.2) is 0 Å². The Morgan fingerprint density at radius 1 is 1.20 bits per heavy atom. The van der Waals surface area contributed by atoms with E-state index in [0.717, 1.165) is 21.4 Å². The number of hydrogen-bond acceptors (Lipinski definition) is 6. The molecular formula is C22H17Cl2NO4S. The molecule has 0 radical (unpaired) electrons. The number of carbonyl (C=O) groups excluding carboxylic acids is 1. The summed E-state index contributed by atoms with van der Waals surface area (Å²) in [5, 5.41) is 1.47. The standard InChI is InChI=1S/C22H17Cl2NO4S/c1-10(2)28-21(26)18-16(12-8-7-11(23)9-14(12)24)17-19(29-20(18)25)13-5-3-4-6-15(13)30-22(17)27/h3-10,16H,25H2,1-2H3/t16-/m1/s1. The van der Waals surface area contributed by atoms with Crippen molar-refractivity contribution in [2.45, 2.75) is 25.9 Å². The van der Waals surface area contributed by atoms with Gasteiger partial charge in [0.25, 0.3) is 0 Å². The topological polar surface area (TPSA) is 78.6 Å². The molecule has 1 aliphatic heterocycles. The highest BCUT2D eigenvalue weighted by molar-refractivity contribution is 7.16. The number of rotatable bonds is 3. The minimum atomic E-state index is -0.849. The molecule has 4 rings (SSSR count). The van der Waals surface area contributed by atoms with Gasteiger partial charge in [0.1, 0.15) is 11.3 Å². The summed E-state index contributed by atoms with van der Waals surface area (Å²) in [6, 6.07) is 12.2. The lowest BCUT2D eigenvalue weighted by Crippen LogP contribution is -2.31. The molecule has 0 amide bonds. The van der Waals surface area contributed by atoms with Crippen LogP contribution in [0.3, 0.4) is 0 Å². The highest BCUT2D eigenvalue weighted by atomic mass is 35.5. The number of ether oxygens (including phenoxy) is 2. The van der Waals surface area contributed by atoms with Gasteiger partial charge in [0, 0.05) is 20.1 Å². The van der Waals surface area contributed by atoms with E-state index in [0.29, 0.717) is 26.9 Å². The molecule has 8 heteroatoms.